The highest BCUT2D eigenvalue weighted by Crippen LogP contribution is 2.30. The molecule has 8 nitrogen and oxygen atoms in total. The number of carbonyl (C=O) groups excluding carboxylic acids is 1. The van der Waals surface area contributed by atoms with Crippen molar-refractivity contribution in [3.8, 4) is 0 Å². The molecule has 4 rings (SSSR count). The summed E-state index contributed by atoms with van der Waals surface area (Å²) in [6.07, 6.45) is -3.84. The van der Waals surface area contributed by atoms with Crippen LogP contribution < -0.4 is 10.9 Å². The van der Waals surface area contributed by atoms with Gasteiger partial charge in [-0.05, 0) is 42.8 Å². The van der Waals surface area contributed by atoms with Crippen LogP contribution in [0.15, 0.2) is 58.5 Å². The molecule has 178 valence electrons. The molecule has 0 spiro atoms. The topological polar surface area (TPSA) is 90.5 Å². The van der Waals surface area contributed by atoms with E-state index in [-0.39, 0.29) is 17.0 Å². The number of nitrogens with one attached hydrogen (secondary N) is 1. The molecule has 2 aromatic heterocycles. The fraction of sp³-hybridized carbons (Fsp3) is 0.273. The van der Waals surface area contributed by atoms with Gasteiger partial charge < -0.3 is 10.1 Å². The van der Waals surface area contributed by atoms with Gasteiger partial charge in [-0.3, -0.25) is 18.6 Å². The first-order chi connectivity index (χ1) is 16.3. The van der Waals surface area contributed by atoms with Crippen LogP contribution in [0.4, 0.5) is 18.9 Å². The van der Waals surface area contributed by atoms with Crippen LogP contribution in [0.5, 0.6) is 0 Å². The van der Waals surface area contributed by atoms with Crippen molar-refractivity contribution >= 4 is 40.0 Å². The molecule has 0 fully saturated rings. The molecule has 0 saturated heterocycles. The van der Waals surface area contributed by atoms with Gasteiger partial charge in [-0.2, -0.15) is 13.2 Å². The number of fused-ring (bicyclic) bond motifs is 3. The van der Waals surface area contributed by atoms with Crippen LogP contribution in [0.25, 0.3) is 16.7 Å². The number of ether oxygens (including phenoxy) is 1. The summed E-state index contributed by atoms with van der Waals surface area (Å²) >= 11 is 1.11. The van der Waals surface area contributed by atoms with E-state index in [0.29, 0.717) is 41.4 Å². The van der Waals surface area contributed by atoms with Crippen molar-refractivity contribution in [3.05, 3.63) is 64.4 Å². The summed E-state index contributed by atoms with van der Waals surface area (Å²) in [6.45, 7) is 0.865. The number of rotatable bonds is 8. The van der Waals surface area contributed by atoms with E-state index in [2.05, 4.69) is 15.5 Å². The molecule has 0 aliphatic carbocycles. The Kier molecular flexibility index (Phi) is 6.89. The SMILES string of the molecule is COCCCn1c(=O)c2ccccc2n2c(SCC(=O)Nc3ccc(C(F)(F)F)cc3)nnc12. The van der Waals surface area contributed by atoms with Gasteiger partial charge in [-0.1, -0.05) is 23.9 Å². The Balaban J connectivity index is 1.56. The van der Waals surface area contributed by atoms with Gasteiger partial charge in [0.05, 0.1) is 22.2 Å². The molecular weight excluding hydrogens is 471 g/mol. The molecule has 0 atom stereocenters. The van der Waals surface area contributed by atoms with Crippen molar-refractivity contribution in [2.75, 3.05) is 24.8 Å². The third-order valence-corrected chi connectivity index (χ3v) is 5.97. The van der Waals surface area contributed by atoms with Gasteiger partial charge in [0.15, 0.2) is 5.16 Å². The lowest BCUT2D eigenvalue weighted by Gasteiger charge is -2.11. The molecule has 0 radical (unpaired) electrons. The number of benzene rings is 2. The quantitative estimate of drug-likeness (QED) is 0.298. The Morgan fingerprint density at radius 3 is 2.56 bits per heavy atom. The number of thioether (sulfide) groups is 1. The summed E-state index contributed by atoms with van der Waals surface area (Å²) in [5, 5.41) is 11.8. The molecule has 0 unspecified atom stereocenters. The van der Waals surface area contributed by atoms with E-state index in [1.807, 2.05) is 0 Å². The summed E-state index contributed by atoms with van der Waals surface area (Å²) in [4.78, 5) is 25.4. The van der Waals surface area contributed by atoms with Gasteiger partial charge >= 0.3 is 6.18 Å². The largest absolute Gasteiger partial charge is 0.416 e. The van der Waals surface area contributed by atoms with Crippen LogP contribution in [-0.4, -0.2) is 44.5 Å². The molecular formula is C22H20F3N5O3S. The number of aryl methyl sites for hydroxylation is 1. The minimum absolute atomic E-state index is 0.0566. The monoisotopic (exact) mass is 491 g/mol. The third kappa shape index (κ3) is 4.92. The minimum atomic E-state index is -4.44. The van der Waals surface area contributed by atoms with E-state index in [1.54, 1.807) is 35.8 Å². The van der Waals surface area contributed by atoms with Gasteiger partial charge in [-0.25, -0.2) is 0 Å². The Bertz CT molecular complexity index is 1380. The van der Waals surface area contributed by atoms with E-state index in [0.717, 1.165) is 23.9 Å². The first-order valence-electron chi connectivity index (χ1n) is 10.2. The van der Waals surface area contributed by atoms with E-state index in [4.69, 9.17) is 4.74 Å². The number of anilines is 1. The highest BCUT2D eigenvalue weighted by molar-refractivity contribution is 7.99. The second kappa shape index (κ2) is 9.85. The Morgan fingerprint density at radius 2 is 1.85 bits per heavy atom. The van der Waals surface area contributed by atoms with E-state index >= 15 is 0 Å². The lowest BCUT2D eigenvalue weighted by Crippen LogP contribution is -2.24. The molecule has 0 bridgehead atoms. The van der Waals surface area contributed by atoms with Gasteiger partial charge in [0.25, 0.3) is 5.56 Å². The van der Waals surface area contributed by atoms with Crippen LogP contribution >= 0.6 is 11.8 Å². The van der Waals surface area contributed by atoms with Crippen LogP contribution in [0.1, 0.15) is 12.0 Å². The summed E-state index contributed by atoms with van der Waals surface area (Å²) in [5.41, 5.74) is -0.121. The van der Waals surface area contributed by atoms with Crippen LogP contribution in [0.2, 0.25) is 0 Å². The summed E-state index contributed by atoms with van der Waals surface area (Å²) in [7, 11) is 1.58. The predicted molar refractivity (Wildman–Crippen MR) is 122 cm³/mol. The molecule has 0 aliphatic rings. The number of carbonyl (C=O) groups is 1. The molecule has 0 saturated carbocycles. The van der Waals surface area contributed by atoms with Crippen molar-refractivity contribution < 1.29 is 22.7 Å². The average Bonchev–Trinajstić information content (AvgIpc) is 3.24. The number of hydrogen-bond donors (Lipinski definition) is 1. The number of hydrogen-bond acceptors (Lipinski definition) is 6. The first-order valence-corrected chi connectivity index (χ1v) is 11.2. The van der Waals surface area contributed by atoms with Gasteiger partial charge in [0.1, 0.15) is 0 Å². The van der Waals surface area contributed by atoms with Gasteiger partial charge in [-0.15, -0.1) is 10.2 Å². The van der Waals surface area contributed by atoms with Crippen molar-refractivity contribution in [2.45, 2.75) is 24.3 Å². The highest BCUT2D eigenvalue weighted by atomic mass is 32.2. The van der Waals surface area contributed by atoms with Gasteiger partial charge in [0.2, 0.25) is 11.7 Å². The van der Waals surface area contributed by atoms with Crippen LogP contribution in [0.3, 0.4) is 0 Å². The number of methoxy groups -OCH3 is 1. The zero-order valence-corrected chi connectivity index (χ0v) is 18.8. The lowest BCUT2D eigenvalue weighted by molar-refractivity contribution is -0.137. The van der Waals surface area contributed by atoms with E-state index in [9.17, 15) is 22.8 Å². The van der Waals surface area contributed by atoms with E-state index in [1.165, 1.54) is 16.7 Å². The molecule has 1 N–H and O–H groups in total. The van der Waals surface area contributed by atoms with E-state index < -0.39 is 17.6 Å². The zero-order valence-electron chi connectivity index (χ0n) is 18.0. The molecule has 2 heterocycles. The first kappa shape index (κ1) is 23.8. The van der Waals surface area contributed by atoms with Crippen molar-refractivity contribution in [1.82, 2.24) is 19.2 Å². The van der Waals surface area contributed by atoms with Crippen LogP contribution in [0, 0.1) is 0 Å². The van der Waals surface area contributed by atoms with Crippen molar-refractivity contribution in [2.24, 2.45) is 0 Å². The summed E-state index contributed by atoms with van der Waals surface area (Å²) < 4.78 is 46.4. The second-order valence-electron chi connectivity index (χ2n) is 7.35. The number of para-hydroxylation sites is 1. The van der Waals surface area contributed by atoms with Crippen LogP contribution in [-0.2, 0) is 22.3 Å². The smallest absolute Gasteiger partial charge is 0.385 e. The number of halogens is 3. The maximum atomic E-state index is 13.0. The average molecular weight is 491 g/mol. The highest BCUT2D eigenvalue weighted by Gasteiger charge is 2.30. The number of aromatic nitrogens is 4. The Morgan fingerprint density at radius 1 is 1.12 bits per heavy atom. The normalized spacial score (nSPS) is 11.9. The number of nitrogens with zero attached hydrogens (tertiary/aromatic N) is 4. The Labute approximate surface area is 195 Å². The Hall–Kier alpha value is -3.38. The standard InChI is InChI=1S/C22H20F3N5O3S/c1-33-12-4-11-29-19(32)16-5-2-3-6-17(16)30-20(29)27-28-21(30)34-13-18(31)26-15-9-7-14(8-10-15)22(23,24)25/h2-3,5-10H,4,11-13H2,1H3,(H,26,31). The van der Waals surface area contributed by atoms with Crippen molar-refractivity contribution in [1.29, 1.82) is 0 Å². The maximum absolute atomic E-state index is 13.0. The predicted octanol–water partition coefficient (Wildman–Crippen LogP) is 3.83. The molecule has 0 aliphatic heterocycles. The molecule has 4 aromatic rings. The fourth-order valence-corrected chi connectivity index (χ4v) is 4.21. The summed E-state index contributed by atoms with van der Waals surface area (Å²) in [5.74, 6) is -0.122. The van der Waals surface area contributed by atoms with Gasteiger partial charge in [0, 0.05) is 25.9 Å². The number of amides is 1. The molecule has 2 aromatic carbocycles. The van der Waals surface area contributed by atoms with Crippen molar-refractivity contribution in [3.63, 3.8) is 0 Å². The molecule has 1 amide bonds. The summed E-state index contributed by atoms with van der Waals surface area (Å²) in [6, 6.07) is 11.3. The molecule has 34 heavy (non-hydrogen) atoms. The second-order valence-corrected chi connectivity index (χ2v) is 8.29. The molecule has 12 heteroatoms. The minimum Gasteiger partial charge on any atom is -0.385 e. The number of alkyl halides is 3. The zero-order chi connectivity index (χ0) is 24.3. The third-order valence-electron chi connectivity index (χ3n) is 5.04. The lowest BCUT2D eigenvalue weighted by atomic mass is 10.2. The maximum Gasteiger partial charge on any atom is 0.416 e. The fourth-order valence-electron chi connectivity index (χ4n) is 3.47.